The van der Waals surface area contributed by atoms with Crippen LogP contribution in [0.4, 0.5) is 5.69 Å². The summed E-state index contributed by atoms with van der Waals surface area (Å²) in [5.74, 6) is -0.593. The van der Waals surface area contributed by atoms with Crippen molar-refractivity contribution < 1.29 is 23.9 Å². The monoisotopic (exact) mass is 468 g/mol. The van der Waals surface area contributed by atoms with E-state index in [1.54, 1.807) is 31.2 Å². The lowest BCUT2D eigenvalue weighted by molar-refractivity contribution is -0.127. The standard InChI is InChI=1S/C25H32N4O5/c1-4-34-19-13-11-18(12-14-19)29-22(30)21-15-20(23(31)33-3)27-28(21)16-25(29,2)24(32)26-17-9-7-5-6-8-10-17/h11-15,17H,4-10,16H2,1-3H3,(H,26,32). The molecule has 9 nitrogen and oxygen atoms in total. The summed E-state index contributed by atoms with van der Waals surface area (Å²) in [6, 6.07) is 8.59. The van der Waals surface area contributed by atoms with Crippen molar-refractivity contribution in [1.82, 2.24) is 15.1 Å². The highest BCUT2D eigenvalue weighted by Gasteiger charge is 2.49. The number of hydrogen-bond donors (Lipinski definition) is 1. The Labute approximate surface area is 199 Å². The fourth-order valence-electron chi connectivity index (χ4n) is 4.81. The van der Waals surface area contributed by atoms with E-state index in [9.17, 15) is 14.4 Å². The molecule has 2 heterocycles. The summed E-state index contributed by atoms with van der Waals surface area (Å²) in [5, 5.41) is 7.48. The maximum atomic E-state index is 13.7. The Morgan fingerprint density at radius 1 is 1.15 bits per heavy atom. The van der Waals surface area contributed by atoms with Gasteiger partial charge in [0.15, 0.2) is 5.69 Å². The average molecular weight is 469 g/mol. The number of amides is 2. The van der Waals surface area contributed by atoms with Gasteiger partial charge >= 0.3 is 5.97 Å². The third-order valence-electron chi connectivity index (χ3n) is 6.63. The van der Waals surface area contributed by atoms with Gasteiger partial charge in [-0.2, -0.15) is 5.10 Å². The van der Waals surface area contributed by atoms with Gasteiger partial charge in [0.05, 0.1) is 20.3 Å². The predicted molar refractivity (Wildman–Crippen MR) is 126 cm³/mol. The van der Waals surface area contributed by atoms with E-state index >= 15 is 0 Å². The van der Waals surface area contributed by atoms with Crippen LogP contribution in [0.3, 0.4) is 0 Å². The second-order valence-electron chi connectivity index (χ2n) is 9.07. The lowest BCUT2D eigenvalue weighted by Gasteiger charge is -2.43. The fraction of sp³-hybridized carbons (Fsp3) is 0.520. The van der Waals surface area contributed by atoms with Gasteiger partial charge in [0, 0.05) is 17.8 Å². The Balaban J connectivity index is 1.72. The van der Waals surface area contributed by atoms with Crippen molar-refractivity contribution in [1.29, 1.82) is 0 Å². The van der Waals surface area contributed by atoms with Crippen LogP contribution in [-0.2, 0) is 16.1 Å². The molecule has 2 aromatic rings. The highest BCUT2D eigenvalue weighted by Crippen LogP contribution is 2.34. The van der Waals surface area contributed by atoms with Crippen molar-refractivity contribution >= 4 is 23.5 Å². The van der Waals surface area contributed by atoms with E-state index < -0.39 is 17.4 Å². The first-order chi connectivity index (χ1) is 16.4. The minimum absolute atomic E-state index is 0.0333. The molecular weight excluding hydrogens is 436 g/mol. The first kappa shape index (κ1) is 23.8. The molecule has 2 amide bonds. The molecule has 1 saturated carbocycles. The highest BCUT2D eigenvalue weighted by molar-refractivity contribution is 6.12. The molecule has 1 aliphatic carbocycles. The minimum atomic E-state index is -1.25. The number of fused-ring (bicyclic) bond motifs is 1. The van der Waals surface area contributed by atoms with Crippen molar-refractivity contribution in [2.75, 3.05) is 18.6 Å². The Morgan fingerprint density at radius 3 is 2.44 bits per heavy atom. The molecule has 1 atom stereocenters. The maximum Gasteiger partial charge on any atom is 0.358 e. The van der Waals surface area contributed by atoms with Crippen LogP contribution in [0.5, 0.6) is 5.75 Å². The van der Waals surface area contributed by atoms with Gasteiger partial charge in [0.25, 0.3) is 5.91 Å². The van der Waals surface area contributed by atoms with Gasteiger partial charge in [-0.1, -0.05) is 25.7 Å². The summed E-state index contributed by atoms with van der Waals surface area (Å²) < 4.78 is 11.7. The number of esters is 1. The maximum absolute atomic E-state index is 13.7. The molecule has 1 aromatic heterocycles. The molecule has 1 unspecified atom stereocenters. The van der Waals surface area contributed by atoms with Crippen LogP contribution in [0.15, 0.2) is 30.3 Å². The van der Waals surface area contributed by atoms with Crippen molar-refractivity contribution in [3.8, 4) is 5.75 Å². The van der Waals surface area contributed by atoms with Gasteiger partial charge in [-0.05, 0) is 51.0 Å². The molecule has 1 aromatic carbocycles. The van der Waals surface area contributed by atoms with Crippen LogP contribution < -0.4 is 15.0 Å². The molecular formula is C25H32N4O5. The van der Waals surface area contributed by atoms with Crippen LogP contribution in [0.2, 0.25) is 0 Å². The summed E-state index contributed by atoms with van der Waals surface area (Å²) in [5.41, 5.74) is -0.415. The van der Waals surface area contributed by atoms with E-state index in [1.165, 1.54) is 35.6 Å². The number of hydrogen-bond acceptors (Lipinski definition) is 6. The van der Waals surface area contributed by atoms with Crippen LogP contribution in [0.1, 0.15) is 73.3 Å². The summed E-state index contributed by atoms with van der Waals surface area (Å²) >= 11 is 0. The molecule has 9 heteroatoms. The Kier molecular flexibility index (Phi) is 6.90. The molecule has 1 N–H and O–H groups in total. The fourth-order valence-corrected chi connectivity index (χ4v) is 4.81. The summed E-state index contributed by atoms with van der Waals surface area (Å²) in [6.45, 7) is 4.28. The summed E-state index contributed by atoms with van der Waals surface area (Å²) in [4.78, 5) is 41.0. The first-order valence-electron chi connectivity index (χ1n) is 11.9. The molecule has 1 aliphatic heterocycles. The molecule has 34 heavy (non-hydrogen) atoms. The van der Waals surface area contributed by atoms with Crippen LogP contribution >= 0.6 is 0 Å². The van der Waals surface area contributed by atoms with E-state index in [-0.39, 0.29) is 29.9 Å². The van der Waals surface area contributed by atoms with Gasteiger partial charge in [0.2, 0.25) is 5.91 Å². The number of carbonyl (C=O) groups excluding carboxylic acids is 3. The second kappa shape index (κ2) is 9.87. The van der Waals surface area contributed by atoms with Crippen molar-refractivity contribution in [2.45, 2.75) is 70.5 Å². The third-order valence-corrected chi connectivity index (χ3v) is 6.63. The zero-order chi connectivity index (χ0) is 24.3. The average Bonchev–Trinajstić information content (AvgIpc) is 3.08. The van der Waals surface area contributed by atoms with Gasteiger partial charge in [-0.25, -0.2) is 4.79 Å². The van der Waals surface area contributed by atoms with E-state index in [4.69, 9.17) is 9.47 Å². The minimum Gasteiger partial charge on any atom is -0.494 e. The zero-order valence-electron chi connectivity index (χ0n) is 20.0. The number of rotatable bonds is 6. The Bertz CT molecular complexity index is 1060. The van der Waals surface area contributed by atoms with Crippen LogP contribution in [-0.4, -0.2) is 52.9 Å². The largest absolute Gasteiger partial charge is 0.494 e. The predicted octanol–water partition coefficient (Wildman–Crippen LogP) is 3.33. The van der Waals surface area contributed by atoms with E-state index in [2.05, 4.69) is 10.4 Å². The lowest BCUT2D eigenvalue weighted by atomic mass is 9.93. The van der Waals surface area contributed by atoms with Gasteiger partial charge in [0.1, 0.15) is 17.0 Å². The van der Waals surface area contributed by atoms with E-state index in [0.29, 0.717) is 18.0 Å². The molecule has 0 spiro atoms. The molecule has 0 radical (unpaired) electrons. The number of carbonyl (C=O) groups is 3. The third kappa shape index (κ3) is 4.51. The normalized spacial score (nSPS) is 20.9. The summed E-state index contributed by atoms with van der Waals surface area (Å²) in [7, 11) is 1.26. The molecule has 0 saturated heterocycles. The Morgan fingerprint density at radius 2 is 1.82 bits per heavy atom. The number of nitrogens with zero attached hydrogens (tertiary/aromatic N) is 3. The van der Waals surface area contributed by atoms with Crippen LogP contribution in [0.25, 0.3) is 0 Å². The second-order valence-corrected chi connectivity index (χ2v) is 9.07. The number of anilines is 1. The van der Waals surface area contributed by atoms with Gasteiger partial charge in [-0.3, -0.25) is 19.2 Å². The topological polar surface area (TPSA) is 103 Å². The van der Waals surface area contributed by atoms with Crippen molar-refractivity contribution in [2.24, 2.45) is 0 Å². The number of aromatic nitrogens is 2. The lowest BCUT2D eigenvalue weighted by Crippen LogP contribution is -2.65. The van der Waals surface area contributed by atoms with E-state index in [0.717, 1.165) is 25.7 Å². The van der Waals surface area contributed by atoms with E-state index in [1.807, 2.05) is 6.92 Å². The first-order valence-corrected chi connectivity index (χ1v) is 11.9. The SMILES string of the molecule is CCOc1ccc(N2C(=O)c3cc(C(=O)OC)nn3CC2(C)C(=O)NC2CCCCCC2)cc1. The van der Waals surface area contributed by atoms with Gasteiger partial charge < -0.3 is 14.8 Å². The molecule has 2 aliphatic rings. The number of ether oxygens (including phenoxy) is 2. The van der Waals surface area contributed by atoms with Crippen molar-refractivity contribution in [3.63, 3.8) is 0 Å². The summed E-state index contributed by atoms with van der Waals surface area (Å²) in [6.07, 6.45) is 6.36. The van der Waals surface area contributed by atoms with Crippen LogP contribution in [0, 0.1) is 0 Å². The molecule has 1 fully saturated rings. The number of benzene rings is 1. The Hall–Kier alpha value is -3.36. The molecule has 0 bridgehead atoms. The quantitative estimate of drug-likeness (QED) is 0.515. The number of nitrogens with one attached hydrogen (secondary N) is 1. The zero-order valence-corrected chi connectivity index (χ0v) is 20.0. The van der Waals surface area contributed by atoms with Gasteiger partial charge in [-0.15, -0.1) is 0 Å². The number of methoxy groups -OCH3 is 1. The smallest absolute Gasteiger partial charge is 0.358 e. The highest BCUT2D eigenvalue weighted by atomic mass is 16.5. The molecule has 182 valence electrons. The molecule has 4 rings (SSSR count). The van der Waals surface area contributed by atoms with Crippen molar-refractivity contribution in [3.05, 3.63) is 41.7 Å².